The highest BCUT2D eigenvalue weighted by atomic mass is 15.3. The number of anilines is 1. The van der Waals surface area contributed by atoms with E-state index < -0.39 is 43.0 Å². The Bertz CT molecular complexity index is 720. The molecule has 2 rings (SSSR count). The van der Waals surface area contributed by atoms with Gasteiger partial charge in [0.05, 0.1) is 18.7 Å². The molecule has 2 heterocycles. The van der Waals surface area contributed by atoms with Crippen molar-refractivity contribution in [3.8, 4) is 5.82 Å². The zero-order valence-electron chi connectivity index (χ0n) is 14.4. The molecule has 0 aliphatic carbocycles. The Labute approximate surface area is 87.3 Å². The van der Waals surface area contributed by atoms with Crippen molar-refractivity contribution in [1.82, 2.24) is 14.8 Å². The second kappa shape index (κ2) is 2.90. The highest BCUT2D eigenvalue weighted by Crippen LogP contribution is 2.12. The maximum Gasteiger partial charge on any atom is 0.176 e. The summed E-state index contributed by atoms with van der Waals surface area (Å²) in [6, 6.07) is -0.959. The Hall–Kier alpha value is -1.84. The molecule has 0 spiro atoms. The van der Waals surface area contributed by atoms with Crippen LogP contribution in [0.25, 0.3) is 5.82 Å². The lowest BCUT2D eigenvalue weighted by Crippen LogP contribution is -2.02. The van der Waals surface area contributed by atoms with Crippen LogP contribution < -0.4 is 5.73 Å². The highest BCUT2D eigenvalue weighted by molar-refractivity contribution is 5.51. The minimum absolute atomic E-state index is 0.310. The second-order valence-electron chi connectivity index (χ2n) is 2.22. The summed E-state index contributed by atoms with van der Waals surface area (Å²) in [5.41, 5.74) is 4.73. The summed E-state index contributed by atoms with van der Waals surface area (Å²) in [7, 11) is 0. The normalized spacial score (nSPS) is 20.0. The average molecular weight is 182 g/mol. The monoisotopic (exact) mass is 182 g/mol. The molecule has 0 amide bonds. The third-order valence-electron chi connectivity index (χ3n) is 1.34. The predicted molar refractivity (Wildman–Crippen MR) is 50.5 cm³/mol. The molecule has 0 bridgehead atoms. The molecular weight excluding hydrogens is 164 g/mol. The van der Waals surface area contributed by atoms with E-state index in [1.54, 1.807) is 0 Å². The van der Waals surface area contributed by atoms with Crippen molar-refractivity contribution in [1.29, 1.82) is 0 Å². The van der Waals surface area contributed by atoms with E-state index in [0.717, 1.165) is 0 Å². The van der Waals surface area contributed by atoms with E-state index in [9.17, 15) is 0 Å². The molecule has 0 saturated carbocycles. The summed E-state index contributed by atoms with van der Waals surface area (Å²) in [4.78, 5) is 3.65. The average Bonchev–Trinajstić information content (AvgIpc) is 2.66. The summed E-state index contributed by atoms with van der Waals surface area (Å²) in [5, 5.41) is 3.59. The lowest BCUT2D eigenvalue weighted by Gasteiger charge is -2.02. The summed E-state index contributed by atoms with van der Waals surface area (Å²) >= 11 is 0. The van der Waals surface area contributed by atoms with Crippen molar-refractivity contribution in [3.05, 3.63) is 36.2 Å². The first-order valence-corrected chi connectivity index (χ1v) is 3.36. The molecule has 2 aromatic rings. The fraction of sp³-hybridized carbons (Fsp3) is 0.111. The largest absolute Gasteiger partial charge is 0.396 e. The van der Waals surface area contributed by atoms with Crippen LogP contribution in [0.1, 0.15) is 16.5 Å². The van der Waals surface area contributed by atoms with Gasteiger partial charge in [-0.25, -0.2) is 9.67 Å². The SMILES string of the molecule is [2H]c1nc(-n2nc([2H])c(C([2H])([2H])[2H])c2[2H])c(N)c([2H])c1[2H]. The van der Waals surface area contributed by atoms with Crippen LogP contribution in [-0.4, -0.2) is 14.8 Å². The molecule has 0 aliphatic heterocycles. The second-order valence-corrected chi connectivity index (χ2v) is 2.22. The molecule has 0 fully saturated rings. The smallest absolute Gasteiger partial charge is 0.176 e. The number of nitrogens with two attached hydrogens (primary N) is 1. The van der Waals surface area contributed by atoms with Crippen molar-refractivity contribution in [2.45, 2.75) is 6.85 Å². The molecule has 4 nitrogen and oxygen atoms in total. The van der Waals surface area contributed by atoms with E-state index in [4.69, 9.17) is 16.7 Å². The Morgan fingerprint density at radius 3 is 3.38 bits per heavy atom. The molecule has 4 heteroatoms. The summed E-state index contributed by atoms with van der Waals surface area (Å²) in [6.07, 6.45) is -1.80. The zero-order chi connectivity index (χ0) is 16.1. The summed E-state index contributed by atoms with van der Waals surface area (Å²) in [6.45, 7) is -2.70. The van der Waals surface area contributed by atoms with Gasteiger partial charge in [0.1, 0.15) is 0 Å². The third kappa shape index (κ3) is 1.38. The van der Waals surface area contributed by atoms with Gasteiger partial charge in [-0.1, -0.05) is 0 Å². The highest BCUT2D eigenvalue weighted by Gasteiger charge is 2.02. The van der Waals surface area contributed by atoms with E-state index in [1.165, 1.54) is 0 Å². The lowest BCUT2D eigenvalue weighted by molar-refractivity contribution is 0.849. The van der Waals surface area contributed by atoms with Gasteiger partial charge in [-0.15, -0.1) is 0 Å². The fourth-order valence-corrected chi connectivity index (χ4v) is 0.810. The van der Waals surface area contributed by atoms with Gasteiger partial charge in [-0.2, -0.15) is 5.10 Å². The molecule has 0 radical (unpaired) electrons. The Morgan fingerprint density at radius 2 is 2.62 bits per heavy atom. The van der Waals surface area contributed by atoms with Gasteiger partial charge >= 0.3 is 0 Å². The van der Waals surface area contributed by atoms with Crippen LogP contribution in [0.2, 0.25) is 0 Å². The van der Waals surface area contributed by atoms with E-state index in [1.807, 2.05) is 0 Å². The number of aromatic nitrogens is 3. The van der Waals surface area contributed by atoms with Gasteiger partial charge in [-0.05, 0) is 24.5 Å². The van der Waals surface area contributed by atoms with Crippen LogP contribution >= 0.6 is 0 Å². The van der Waals surface area contributed by atoms with Crippen LogP contribution in [-0.2, 0) is 0 Å². The molecule has 0 saturated heterocycles. The Balaban J connectivity index is 2.76. The minimum atomic E-state index is -2.70. The van der Waals surface area contributed by atoms with E-state index in [-0.39, 0.29) is 11.5 Å². The number of rotatable bonds is 1. The zero-order valence-corrected chi connectivity index (χ0v) is 6.42. The number of hydrogen-bond acceptors (Lipinski definition) is 3. The molecule has 13 heavy (non-hydrogen) atoms. The number of nitrogen functional groups attached to an aromatic ring is 1. The molecule has 0 aliphatic rings. The third-order valence-corrected chi connectivity index (χ3v) is 1.34. The number of pyridine rings is 1. The number of nitrogens with zero attached hydrogens (tertiary/aromatic N) is 3. The van der Waals surface area contributed by atoms with Crippen molar-refractivity contribution in [2.24, 2.45) is 0 Å². The molecule has 0 atom stereocenters. The van der Waals surface area contributed by atoms with Gasteiger partial charge in [0.25, 0.3) is 0 Å². The molecule has 2 N–H and O–H groups in total. The van der Waals surface area contributed by atoms with Crippen LogP contribution in [0, 0.1) is 6.85 Å². The van der Waals surface area contributed by atoms with Gasteiger partial charge in [0, 0.05) is 16.5 Å². The quantitative estimate of drug-likeness (QED) is 0.720. The first kappa shape index (κ1) is 2.83. The topological polar surface area (TPSA) is 56.7 Å². The predicted octanol–water partition coefficient (Wildman–Crippen LogP) is 1.16. The van der Waals surface area contributed by atoms with E-state index >= 15 is 0 Å². The molecule has 0 aromatic carbocycles. The minimum Gasteiger partial charge on any atom is -0.396 e. The Morgan fingerprint density at radius 1 is 1.69 bits per heavy atom. The first-order chi connectivity index (χ1) is 9.55. The fourth-order valence-electron chi connectivity index (χ4n) is 0.810. The van der Waals surface area contributed by atoms with Crippen LogP contribution in [0.5, 0.6) is 0 Å². The molecule has 2 aromatic heterocycles. The maximum absolute atomic E-state index is 7.81. The summed E-state index contributed by atoms with van der Waals surface area (Å²) in [5.74, 6) is -0.310. The van der Waals surface area contributed by atoms with Crippen LogP contribution in [0.15, 0.2) is 30.6 Å². The van der Waals surface area contributed by atoms with Gasteiger partial charge in [0.15, 0.2) is 5.82 Å². The maximum atomic E-state index is 7.81. The van der Waals surface area contributed by atoms with Gasteiger partial charge in [0.2, 0.25) is 0 Å². The van der Waals surface area contributed by atoms with E-state index in [0.29, 0.717) is 4.68 Å². The van der Waals surface area contributed by atoms with Crippen molar-refractivity contribution < 1.29 is 11.0 Å². The van der Waals surface area contributed by atoms with Crippen LogP contribution in [0.3, 0.4) is 0 Å². The van der Waals surface area contributed by atoms with Crippen LogP contribution in [0.4, 0.5) is 5.69 Å². The van der Waals surface area contributed by atoms with E-state index in [2.05, 4.69) is 10.1 Å². The Kier molecular flexibility index (Phi) is 0.631. The van der Waals surface area contributed by atoms with Crippen molar-refractivity contribution in [3.63, 3.8) is 0 Å². The van der Waals surface area contributed by atoms with Gasteiger partial charge < -0.3 is 5.73 Å². The lowest BCUT2D eigenvalue weighted by atomic mass is 10.4. The summed E-state index contributed by atoms with van der Waals surface area (Å²) < 4.78 is 60.4. The standard InChI is InChI=1S/C9H10N4/c1-7-5-12-13(6-7)9-8(10)3-2-4-11-9/h2-6H,10H2,1H3/i1D3,2D,3D,4D,5D,6D. The molecular formula is C9H10N4. The number of hydrogen-bond donors (Lipinski definition) is 1. The van der Waals surface area contributed by atoms with Crippen molar-refractivity contribution in [2.75, 3.05) is 5.73 Å². The van der Waals surface area contributed by atoms with Gasteiger partial charge in [-0.3, -0.25) is 0 Å². The van der Waals surface area contributed by atoms with Crippen molar-refractivity contribution >= 4 is 5.69 Å². The molecule has 0 unspecified atom stereocenters. The molecule has 66 valence electrons. The first-order valence-electron chi connectivity index (χ1n) is 7.36.